The molecular weight excluding hydrogens is 373 g/mol. The van der Waals surface area contributed by atoms with Gasteiger partial charge in [0.15, 0.2) is 0 Å². The number of likely N-dealkylation sites (tertiary alicyclic amines) is 1. The van der Waals surface area contributed by atoms with Gasteiger partial charge in [0, 0.05) is 25.1 Å². The molecule has 0 bridgehead atoms. The Bertz CT molecular complexity index is 888. The number of halogens is 1. The van der Waals surface area contributed by atoms with Crippen molar-refractivity contribution < 1.29 is 24.1 Å². The van der Waals surface area contributed by atoms with Gasteiger partial charge in [-0.15, -0.1) is 0 Å². The van der Waals surface area contributed by atoms with Gasteiger partial charge in [0.1, 0.15) is 11.9 Å². The monoisotopic (exact) mass is 399 g/mol. The Hall–Kier alpha value is -2.28. The fourth-order valence-corrected chi connectivity index (χ4v) is 4.35. The van der Waals surface area contributed by atoms with Crippen molar-refractivity contribution >= 4 is 5.91 Å². The van der Waals surface area contributed by atoms with Gasteiger partial charge in [0.25, 0.3) is 5.91 Å². The molecule has 5 nitrogen and oxygen atoms in total. The van der Waals surface area contributed by atoms with E-state index < -0.39 is 17.3 Å². The van der Waals surface area contributed by atoms with Crippen molar-refractivity contribution in [2.24, 2.45) is 0 Å². The molecule has 29 heavy (non-hydrogen) atoms. The van der Waals surface area contributed by atoms with E-state index in [1.165, 1.54) is 12.1 Å². The molecular formula is C23H26FNO4. The third-order valence-corrected chi connectivity index (χ3v) is 6.19. The van der Waals surface area contributed by atoms with Gasteiger partial charge in [-0.2, -0.15) is 0 Å². The fourth-order valence-electron chi connectivity index (χ4n) is 4.35. The summed E-state index contributed by atoms with van der Waals surface area (Å²) in [6.45, 7) is 2.82. The lowest BCUT2D eigenvalue weighted by Gasteiger charge is -2.49. The van der Waals surface area contributed by atoms with E-state index >= 15 is 0 Å². The van der Waals surface area contributed by atoms with Gasteiger partial charge in [0.05, 0.1) is 17.8 Å². The number of benzene rings is 2. The van der Waals surface area contributed by atoms with Crippen molar-refractivity contribution in [1.29, 1.82) is 0 Å². The van der Waals surface area contributed by atoms with Crippen LogP contribution < -0.4 is 0 Å². The largest absolute Gasteiger partial charge is 0.388 e. The van der Waals surface area contributed by atoms with E-state index in [0.717, 1.165) is 11.1 Å². The Morgan fingerprint density at radius 3 is 2.48 bits per heavy atom. The van der Waals surface area contributed by atoms with Crippen molar-refractivity contribution in [1.82, 2.24) is 4.90 Å². The van der Waals surface area contributed by atoms with E-state index in [2.05, 4.69) is 0 Å². The highest BCUT2D eigenvalue weighted by Crippen LogP contribution is 2.39. The van der Waals surface area contributed by atoms with Crippen molar-refractivity contribution in [2.75, 3.05) is 19.7 Å². The molecule has 2 aliphatic heterocycles. The lowest BCUT2D eigenvalue weighted by molar-refractivity contribution is -0.221. The summed E-state index contributed by atoms with van der Waals surface area (Å²) in [4.78, 5) is 14.8. The number of carbonyl (C=O) groups is 1. The lowest BCUT2D eigenvalue weighted by Crippen LogP contribution is -2.59. The highest BCUT2D eigenvalue weighted by molar-refractivity contribution is 5.95. The summed E-state index contributed by atoms with van der Waals surface area (Å²) in [7, 11) is 0. The second-order valence-electron chi connectivity index (χ2n) is 8.42. The average molecular weight is 399 g/mol. The van der Waals surface area contributed by atoms with Gasteiger partial charge in [-0.1, -0.05) is 24.3 Å². The maximum absolute atomic E-state index is 13.2. The van der Waals surface area contributed by atoms with Crippen LogP contribution in [0.5, 0.6) is 0 Å². The normalized spacial score (nSPS) is 26.5. The maximum Gasteiger partial charge on any atom is 0.253 e. The summed E-state index contributed by atoms with van der Waals surface area (Å²) in [5.74, 6) is -0.342. The number of aliphatic hydroxyl groups excluding tert-OH is 1. The average Bonchev–Trinajstić information content (AvgIpc) is 2.72. The predicted molar refractivity (Wildman–Crippen MR) is 107 cm³/mol. The topological polar surface area (TPSA) is 70.0 Å². The van der Waals surface area contributed by atoms with Crippen LogP contribution in [0.25, 0.3) is 11.1 Å². The molecule has 2 aromatic carbocycles. The summed E-state index contributed by atoms with van der Waals surface area (Å²) in [6, 6.07) is 13.6. The zero-order valence-electron chi connectivity index (χ0n) is 16.5. The number of aliphatic hydroxyl groups is 2. The van der Waals surface area contributed by atoms with Gasteiger partial charge < -0.3 is 19.8 Å². The summed E-state index contributed by atoms with van der Waals surface area (Å²) in [5.41, 5.74) is 0.651. The van der Waals surface area contributed by atoms with E-state index in [4.69, 9.17) is 4.74 Å². The summed E-state index contributed by atoms with van der Waals surface area (Å²) in [5, 5.41) is 20.4. The number of amides is 1. The number of hydrogen-bond donors (Lipinski definition) is 2. The minimum Gasteiger partial charge on any atom is -0.388 e. The number of carbonyl (C=O) groups excluding carboxylic acids is 1. The van der Waals surface area contributed by atoms with Crippen molar-refractivity contribution in [3.63, 3.8) is 0 Å². The van der Waals surface area contributed by atoms with Gasteiger partial charge in [-0.25, -0.2) is 4.39 Å². The van der Waals surface area contributed by atoms with Crippen LogP contribution >= 0.6 is 0 Å². The van der Waals surface area contributed by atoms with Crippen LogP contribution in [0.4, 0.5) is 4.39 Å². The van der Waals surface area contributed by atoms with Crippen LogP contribution in [0.15, 0.2) is 48.5 Å². The second-order valence-corrected chi connectivity index (χ2v) is 8.42. The van der Waals surface area contributed by atoms with E-state index in [0.29, 0.717) is 37.9 Å². The lowest BCUT2D eigenvalue weighted by atomic mass is 9.76. The third kappa shape index (κ3) is 4.06. The van der Waals surface area contributed by atoms with Crippen LogP contribution in [0.2, 0.25) is 0 Å². The fraction of sp³-hybridized carbons (Fsp3) is 0.435. The number of rotatable bonds is 2. The SMILES string of the molecule is C[C@]1(O)CC2(CCN(C(=O)c3cccc(-c4ccc(F)cc4)c3)CC2)OC[C@@H]1O. The molecule has 154 valence electrons. The number of ether oxygens (including phenoxy) is 1. The minimum atomic E-state index is -1.17. The van der Waals surface area contributed by atoms with Crippen LogP contribution in [0.1, 0.15) is 36.5 Å². The molecule has 4 rings (SSSR count). The highest BCUT2D eigenvalue weighted by atomic mass is 19.1. The molecule has 2 fully saturated rings. The summed E-state index contributed by atoms with van der Waals surface area (Å²) >= 11 is 0. The van der Waals surface area contributed by atoms with Gasteiger partial charge in [-0.05, 0) is 55.2 Å². The van der Waals surface area contributed by atoms with Crippen molar-refractivity contribution in [2.45, 2.75) is 43.5 Å². The van der Waals surface area contributed by atoms with Gasteiger partial charge in [0.2, 0.25) is 0 Å². The van der Waals surface area contributed by atoms with Crippen LogP contribution in [-0.2, 0) is 4.74 Å². The maximum atomic E-state index is 13.2. The molecule has 0 radical (unpaired) electrons. The van der Waals surface area contributed by atoms with Crippen LogP contribution in [0, 0.1) is 5.82 Å². The minimum absolute atomic E-state index is 0.0496. The van der Waals surface area contributed by atoms with Crippen LogP contribution in [0.3, 0.4) is 0 Å². The van der Waals surface area contributed by atoms with Crippen molar-refractivity contribution in [3.05, 3.63) is 59.9 Å². The Morgan fingerprint density at radius 2 is 1.83 bits per heavy atom. The molecule has 2 N–H and O–H groups in total. The standard InChI is InChI=1S/C23H26FNO4/c1-22(28)15-23(29-14-20(22)26)9-11-25(12-10-23)21(27)18-4-2-3-17(13-18)16-5-7-19(24)8-6-16/h2-8,13,20,26,28H,9-12,14-15H2,1H3/t20-,22-/m0/s1. The van der Waals surface area contributed by atoms with Crippen molar-refractivity contribution in [3.8, 4) is 11.1 Å². The highest BCUT2D eigenvalue weighted by Gasteiger charge is 2.49. The molecule has 2 aromatic rings. The zero-order chi connectivity index (χ0) is 20.6. The molecule has 0 aromatic heterocycles. The number of nitrogens with zero attached hydrogens (tertiary/aromatic N) is 1. The molecule has 6 heteroatoms. The molecule has 0 unspecified atom stereocenters. The summed E-state index contributed by atoms with van der Waals surface area (Å²) < 4.78 is 19.1. The zero-order valence-corrected chi connectivity index (χ0v) is 16.5. The smallest absolute Gasteiger partial charge is 0.253 e. The molecule has 2 saturated heterocycles. The Labute approximate surface area is 169 Å². The Balaban J connectivity index is 1.45. The molecule has 2 atom stereocenters. The predicted octanol–water partition coefficient (Wildman–Crippen LogP) is 3.00. The third-order valence-electron chi connectivity index (χ3n) is 6.19. The molecule has 2 aliphatic rings. The first-order chi connectivity index (χ1) is 13.8. The first-order valence-electron chi connectivity index (χ1n) is 9.98. The molecule has 2 heterocycles. The second kappa shape index (κ2) is 7.52. The van der Waals surface area contributed by atoms with E-state index in [1.807, 2.05) is 18.2 Å². The first-order valence-corrected chi connectivity index (χ1v) is 9.98. The number of hydrogen-bond acceptors (Lipinski definition) is 4. The quantitative estimate of drug-likeness (QED) is 0.815. The van der Waals surface area contributed by atoms with Gasteiger partial charge >= 0.3 is 0 Å². The molecule has 0 aliphatic carbocycles. The molecule has 1 spiro atoms. The Morgan fingerprint density at radius 1 is 1.14 bits per heavy atom. The van der Waals surface area contributed by atoms with Crippen LogP contribution in [-0.4, -0.2) is 58.0 Å². The molecule has 0 saturated carbocycles. The van der Waals surface area contributed by atoms with E-state index in [9.17, 15) is 19.4 Å². The molecule has 1 amide bonds. The van der Waals surface area contributed by atoms with Gasteiger partial charge in [-0.3, -0.25) is 4.79 Å². The first kappa shape index (κ1) is 20.0. The summed E-state index contributed by atoms with van der Waals surface area (Å²) in [6.07, 6.45) is 0.726. The number of piperidine rings is 1. The Kier molecular flexibility index (Phi) is 5.19. The van der Waals surface area contributed by atoms with E-state index in [-0.39, 0.29) is 18.3 Å². The van der Waals surface area contributed by atoms with E-state index in [1.54, 1.807) is 30.0 Å².